The fourth-order valence-electron chi connectivity index (χ4n) is 0.993. The van der Waals surface area contributed by atoms with Crippen molar-refractivity contribution in [1.29, 1.82) is 0 Å². The first-order chi connectivity index (χ1) is 6.25. The van der Waals surface area contributed by atoms with Crippen LogP contribution in [0.5, 0.6) is 0 Å². The Morgan fingerprint density at radius 1 is 1.77 bits per heavy atom. The topological polar surface area (TPSA) is 57.0 Å². The average Bonchev–Trinajstić information content (AvgIpc) is 2.84. The minimum atomic E-state index is -0.375. The van der Waals surface area contributed by atoms with E-state index in [1.165, 1.54) is 17.5 Å². The summed E-state index contributed by atoms with van der Waals surface area (Å²) >= 11 is 0. The maximum Gasteiger partial charge on any atom is 0.360 e. The summed E-state index contributed by atoms with van der Waals surface area (Å²) < 4.78 is 6.49. The lowest BCUT2D eigenvalue weighted by Gasteiger charge is -1.98. The Morgan fingerprint density at radius 3 is 3.08 bits per heavy atom. The van der Waals surface area contributed by atoms with Crippen LogP contribution in [0.1, 0.15) is 23.3 Å². The molecular weight excluding hydrogens is 170 g/mol. The van der Waals surface area contributed by atoms with Gasteiger partial charge in [-0.2, -0.15) is 0 Å². The number of esters is 1. The van der Waals surface area contributed by atoms with Crippen LogP contribution in [0.3, 0.4) is 0 Å². The van der Waals surface area contributed by atoms with Gasteiger partial charge in [-0.1, -0.05) is 5.21 Å². The molecule has 1 aromatic heterocycles. The van der Waals surface area contributed by atoms with E-state index in [1.54, 1.807) is 13.2 Å². The van der Waals surface area contributed by atoms with Gasteiger partial charge in [0.05, 0.1) is 12.8 Å². The van der Waals surface area contributed by atoms with Gasteiger partial charge in [0, 0.05) is 7.05 Å². The minimum Gasteiger partial charge on any atom is -0.461 e. The van der Waals surface area contributed by atoms with Crippen molar-refractivity contribution >= 4 is 5.97 Å². The highest BCUT2D eigenvalue weighted by molar-refractivity contribution is 5.86. The molecule has 0 bridgehead atoms. The second-order valence-electron chi connectivity index (χ2n) is 3.32. The summed E-state index contributed by atoms with van der Waals surface area (Å²) in [5.41, 5.74) is 0.281. The monoisotopic (exact) mass is 181 g/mol. The Bertz CT molecular complexity index is 317. The van der Waals surface area contributed by atoms with Crippen molar-refractivity contribution < 1.29 is 9.53 Å². The molecule has 1 heterocycles. The molecule has 0 atom stereocenters. The Kier molecular flexibility index (Phi) is 2.00. The van der Waals surface area contributed by atoms with Crippen LogP contribution in [0.4, 0.5) is 0 Å². The van der Waals surface area contributed by atoms with Crippen molar-refractivity contribution in [3.8, 4) is 0 Å². The molecule has 5 heteroatoms. The van der Waals surface area contributed by atoms with Gasteiger partial charge >= 0.3 is 5.97 Å². The highest BCUT2D eigenvalue weighted by Crippen LogP contribution is 2.28. The van der Waals surface area contributed by atoms with Gasteiger partial charge in [0.15, 0.2) is 5.69 Å². The van der Waals surface area contributed by atoms with Crippen molar-refractivity contribution in [2.75, 3.05) is 6.61 Å². The number of carbonyl (C=O) groups is 1. The molecule has 0 amide bonds. The fraction of sp³-hybridized carbons (Fsp3) is 0.625. The summed E-state index contributed by atoms with van der Waals surface area (Å²) in [5.74, 6) is 0.209. The first kappa shape index (κ1) is 8.22. The summed E-state index contributed by atoms with van der Waals surface area (Å²) in [6.45, 7) is 0.523. The van der Waals surface area contributed by atoms with Gasteiger partial charge < -0.3 is 4.74 Å². The number of aryl methyl sites for hydroxylation is 1. The summed E-state index contributed by atoms with van der Waals surface area (Å²) in [4.78, 5) is 11.3. The molecule has 13 heavy (non-hydrogen) atoms. The third-order valence-electron chi connectivity index (χ3n) is 1.96. The van der Waals surface area contributed by atoms with E-state index < -0.39 is 0 Å². The van der Waals surface area contributed by atoms with Crippen LogP contribution in [0.2, 0.25) is 0 Å². The Balaban J connectivity index is 1.88. The molecule has 1 saturated carbocycles. The molecule has 5 nitrogen and oxygen atoms in total. The third kappa shape index (κ3) is 2.05. The van der Waals surface area contributed by atoms with Crippen molar-refractivity contribution in [2.24, 2.45) is 13.0 Å². The number of carbonyl (C=O) groups excluding carboxylic acids is 1. The molecule has 0 N–H and O–H groups in total. The van der Waals surface area contributed by atoms with Crippen LogP contribution in [0.25, 0.3) is 0 Å². The van der Waals surface area contributed by atoms with E-state index in [0.29, 0.717) is 12.5 Å². The summed E-state index contributed by atoms with van der Waals surface area (Å²) in [6.07, 6.45) is 3.90. The molecule has 0 unspecified atom stereocenters. The zero-order chi connectivity index (χ0) is 9.26. The first-order valence-electron chi connectivity index (χ1n) is 4.29. The molecule has 0 spiro atoms. The fourth-order valence-corrected chi connectivity index (χ4v) is 0.993. The quantitative estimate of drug-likeness (QED) is 0.632. The summed E-state index contributed by atoms with van der Waals surface area (Å²) in [7, 11) is 1.71. The van der Waals surface area contributed by atoms with E-state index in [9.17, 15) is 4.79 Å². The van der Waals surface area contributed by atoms with E-state index in [1.807, 2.05) is 0 Å². The Hall–Kier alpha value is -1.39. The zero-order valence-corrected chi connectivity index (χ0v) is 7.43. The molecule has 0 radical (unpaired) electrons. The van der Waals surface area contributed by atoms with Gasteiger partial charge in [-0.05, 0) is 18.8 Å². The average molecular weight is 181 g/mol. The van der Waals surface area contributed by atoms with E-state index in [2.05, 4.69) is 10.3 Å². The van der Waals surface area contributed by atoms with Gasteiger partial charge in [-0.25, -0.2) is 4.79 Å². The molecule has 2 rings (SSSR count). The van der Waals surface area contributed by atoms with E-state index in [0.717, 1.165) is 0 Å². The molecule has 1 aliphatic carbocycles. The van der Waals surface area contributed by atoms with Crippen LogP contribution in [-0.2, 0) is 11.8 Å². The molecule has 0 aromatic carbocycles. The second kappa shape index (κ2) is 3.16. The van der Waals surface area contributed by atoms with E-state index in [4.69, 9.17) is 4.74 Å². The van der Waals surface area contributed by atoms with Gasteiger partial charge in [0.2, 0.25) is 0 Å². The molecule has 70 valence electrons. The van der Waals surface area contributed by atoms with Crippen LogP contribution < -0.4 is 0 Å². The number of ether oxygens (including phenoxy) is 1. The lowest BCUT2D eigenvalue weighted by Crippen LogP contribution is -2.07. The molecule has 0 aliphatic heterocycles. The van der Waals surface area contributed by atoms with Crippen molar-refractivity contribution in [3.05, 3.63) is 11.9 Å². The summed E-state index contributed by atoms with van der Waals surface area (Å²) in [5, 5.41) is 7.30. The van der Waals surface area contributed by atoms with E-state index >= 15 is 0 Å². The van der Waals surface area contributed by atoms with Crippen LogP contribution in [-0.4, -0.2) is 27.6 Å². The molecule has 1 aliphatic rings. The molecule has 1 aromatic rings. The van der Waals surface area contributed by atoms with Gasteiger partial charge in [0.1, 0.15) is 0 Å². The predicted molar refractivity (Wildman–Crippen MR) is 44.0 cm³/mol. The van der Waals surface area contributed by atoms with Crippen LogP contribution in [0, 0.1) is 5.92 Å². The number of nitrogens with zero attached hydrogens (tertiary/aromatic N) is 3. The normalized spacial score (nSPS) is 15.8. The first-order valence-corrected chi connectivity index (χ1v) is 4.29. The standard InChI is InChI=1S/C8H11N3O2/c1-11-4-7(9-10-11)8(12)13-5-6-2-3-6/h4,6H,2-3,5H2,1H3. The zero-order valence-electron chi connectivity index (χ0n) is 7.43. The molecule has 1 fully saturated rings. The van der Waals surface area contributed by atoms with Gasteiger partial charge in [-0.3, -0.25) is 4.68 Å². The number of hydrogen-bond acceptors (Lipinski definition) is 4. The molecular formula is C8H11N3O2. The Labute approximate surface area is 75.7 Å². The minimum absolute atomic E-state index is 0.281. The highest BCUT2D eigenvalue weighted by atomic mass is 16.5. The second-order valence-corrected chi connectivity index (χ2v) is 3.32. The summed E-state index contributed by atoms with van der Waals surface area (Å²) in [6, 6.07) is 0. The van der Waals surface area contributed by atoms with E-state index in [-0.39, 0.29) is 11.7 Å². The number of aromatic nitrogens is 3. The number of rotatable bonds is 3. The molecule has 0 saturated heterocycles. The maximum absolute atomic E-state index is 11.3. The van der Waals surface area contributed by atoms with Gasteiger partial charge in [0.25, 0.3) is 0 Å². The van der Waals surface area contributed by atoms with Crippen molar-refractivity contribution in [2.45, 2.75) is 12.8 Å². The lowest BCUT2D eigenvalue weighted by atomic mass is 10.4. The maximum atomic E-state index is 11.3. The van der Waals surface area contributed by atoms with Crippen molar-refractivity contribution in [3.63, 3.8) is 0 Å². The smallest absolute Gasteiger partial charge is 0.360 e. The predicted octanol–water partition coefficient (Wildman–Crippen LogP) is 0.382. The highest BCUT2D eigenvalue weighted by Gasteiger charge is 2.23. The Morgan fingerprint density at radius 2 is 2.54 bits per heavy atom. The third-order valence-corrected chi connectivity index (χ3v) is 1.96. The SMILES string of the molecule is Cn1cc(C(=O)OCC2CC2)nn1. The van der Waals surface area contributed by atoms with Crippen molar-refractivity contribution in [1.82, 2.24) is 15.0 Å². The number of hydrogen-bond donors (Lipinski definition) is 0. The largest absolute Gasteiger partial charge is 0.461 e. The lowest BCUT2D eigenvalue weighted by molar-refractivity contribution is 0.0479. The van der Waals surface area contributed by atoms with Crippen LogP contribution >= 0.6 is 0 Å². The van der Waals surface area contributed by atoms with Gasteiger partial charge in [-0.15, -0.1) is 5.10 Å². The van der Waals surface area contributed by atoms with Crippen LogP contribution in [0.15, 0.2) is 6.20 Å².